The van der Waals surface area contributed by atoms with Crippen LogP contribution in [0.3, 0.4) is 0 Å². The molecule has 25 heavy (non-hydrogen) atoms. The van der Waals surface area contributed by atoms with Crippen molar-refractivity contribution in [2.45, 2.75) is 10.9 Å². The van der Waals surface area contributed by atoms with Crippen LogP contribution in [0.1, 0.15) is 22.0 Å². The lowest BCUT2D eigenvalue weighted by atomic mass is 9.83. The summed E-state index contributed by atoms with van der Waals surface area (Å²) in [6.07, 6.45) is 2.00. The Labute approximate surface area is 155 Å². The molecule has 1 aliphatic heterocycles. The number of Topliss-reactive ketones (excluding diaryl/α,β-unsaturated/α-hetero) is 1. The normalized spacial score (nSPS) is 19.9. The zero-order chi connectivity index (χ0) is 18.0. The number of carbonyl (C=O) groups excluding carboxylic acids is 2. The minimum Gasteiger partial charge on any atom is -0.330 e. The number of hydrogen-bond acceptors (Lipinski definition) is 3. The summed E-state index contributed by atoms with van der Waals surface area (Å²) in [7, 11) is 0. The summed E-state index contributed by atoms with van der Waals surface area (Å²) >= 11 is 7.54. The molecule has 1 heterocycles. The minimum atomic E-state index is -0.598. The monoisotopic (exact) mass is 372 g/mol. The van der Waals surface area contributed by atoms with Gasteiger partial charge in [0.15, 0.2) is 5.78 Å². The molecular formula is C19H17ClN2O2S. The summed E-state index contributed by atoms with van der Waals surface area (Å²) in [5.41, 5.74) is 1.78. The number of rotatable bonds is 4. The van der Waals surface area contributed by atoms with Gasteiger partial charge in [-0.15, -0.1) is 11.8 Å². The number of carbonyl (C=O) groups is 2. The Kier molecular flexibility index (Phi) is 5.16. The smallest absolute Gasteiger partial charge is 0.319 e. The molecule has 1 saturated heterocycles. The van der Waals surface area contributed by atoms with Crippen LogP contribution in [-0.2, 0) is 0 Å². The van der Waals surface area contributed by atoms with Crippen LogP contribution in [0.5, 0.6) is 0 Å². The molecule has 128 valence electrons. The molecule has 0 bridgehead atoms. The molecule has 0 unspecified atom stereocenters. The van der Waals surface area contributed by atoms with E-state index in [4.69, 9.17) is 11.6 Å². The van der Waals surface area contributed by atoms with Gasteiger partial charge in [0.1, 0.15) is 0 Å². The number of nitrogens with one attached hydrogen (secondary N) is 2. The van der Waals surface area contributed by atoms with Crippen LogP contribution in [0.2, 0.25) is 5.02 Å². The first-order chi connectivity index (χ1) is 12.0. The van der Waals surface area contributed by atoms with Crippen LogP contribution in [0.15, 0.2) is 65.7 Å². The van der Waals surface area contributed by atoms with Crippen LogP contribution in [0.25, 0.3) is 0 Å². The van der Waals surface area contributed by atoms with Crippen LogP contribution in [-0.4, -0.2) is 18.1 Å². The lowest BCUT2D eigenvalue weighted by molar-refractivity contribution is 0.0905. The minimum absolute atomic E-state index is 0.117. The van der Waals surface area contributed by atoms with Crippen molar-refractivity contribution in [2.24, 2.45) is 5.92 Å². The summed E-state index contributed by atoms with van der Waals surface area (Å²) in [5.74, 6) is -0.716. The van der Waals surface area contributed by atoms with Gasteiger partial charge in [-0.05, 0) is 48.2 Å². The number of urea groups is 1. The predicted octanol–water partition coefficient (Wildman–Crippen LogP) is 4.43. The summed E-state index contributed by atoms with van der Waals surface area (Å²) in [4.78, 5) is 26.1. The Morgan fingerprint density at radius 3 is 2.36 bits per heavy atom. The van der Waals surface area contributed by atoms with Gasteiger partial charge in [0.05, 0.1) is 12.0 Å². The third-order valence-electron chi connectivity index (χ3n) is 4.16. The highest BCUT2D eigenvalue weighted by molar-refractivity contribution is 7.98. The van der Waals surface area contributed by atoms with Gasteiger partial charge in [-0.3, -0.25) is 4.79 Å². The molecule has 2 N–H and O–H groups in total. The molecule has 0 aromatic heterocycles. The Hall–Kier alpha value is -2.24. The van der Waals surface area contributed by atoms with E-state index in [1.54, 1.807) is 36.0 Å². The van der Waals surface area contributed by atoms with Crippen LogP contribution in [0, 0.1) is 5.92 Å². The summed E-state index contributed by atoms with van der Waals surface area (Å²) in [6, 6.07) is 13.7. The highest BCUT2D eigenvalue weighted by Crippen LogP contribution is 2.33. The topological polar surface area (TPSA) is 58.2 Å². The average Bonchev–Trinajstić information content (AvgIpc) is 2.61. The first-order valence-electron chi connectivity index (χ1n) is 7.69. The number of halogens is 1. The first kappa shape index (κ1) is 17.6. The van der Waals surface area contributed by atoms with E-state index in [2.05, 4.69) is 17.2 Å². The zero-order valence-electron chi connectivity index (χ0n) is 13.6. The maximum atomic E-state index is 13.0. The molecule has 2 amide bonds. The fourth-order valence-electron chi connectivity index (χ4n) is 2.88. The van der Waals surface area contributed by atoms with Gasteiger partial charge >= 0.3 is 6.03 Å². The first-order valence-corrected chi connectivity index (χ1v) is 9.30. The maximum absolute atomic E-state index is 13.0. The summed E-state index contributed by atoms with van der Waals surface area (Å²) < 4.78 is 0. The maximum Gasteiger partial charge on any atom is 0.319 e. The van der Waals surface area contributed by atoms with Crippen molar-refractivity contribution in [1.29, 1.82) is 0 Å². The zero-order valence-corrected chi connectivity index (χ0v) is 15.2. The summed E-state index contributed by atoms with van der Waals surface area (Å²) in [5, 5.41) is 6.03. The van der Waals surface area contributed by atoms with E-state index in [1.807, 2.05) is 30.5 Å². The molecule has 4 nitrogen and oxygen atoms in total. The van der Waals surface area contributed by atoms with E-state index in [0.717, 1.165) is 10.5 Å². The molecular weight excluding hydrogens is 356 g/mol. The second-order valence-corrected chi connectivity index (χ2v) is 7.04. The number of hydrogen-bond donors (Lipinski definition) is 2. The third kappa shape index (κ3) is 3.72. The van der Waals surface area contributed by atoms with Gasteiger partial charge in [0, 0.05) is 21.2 Å². The van der Waals surface area contributed by atoms with Gasteiger partial charge in [-0.1, -0.05) is 30.3 Å². The fraction of sp³-hybridized carbons (Fsp3) is 0.158. The lowest BCUT2D eigenvalue weighted by Gasteiger charge is -2.34. The molecule has 2 aromatic carbocycles. The highest BCUT2D eigenvalue weighted by Gasteiger charge is 2.37. The molecule has 2 atom stereocenters. The van der Waals surface area contributed by atoms with Crippen LogP contribution >= 0.6 is 23.4 Å². The van der Waals surface area contributed by atoms with Crippen LogP contribution in [0.4, 0.5) is 4.79 Å². The second-order valence-electron chi connectivity index (χ2n) is 5.72. The van der Waals surface area contributed by atoms with Crippen LogP contribution < -0.4 is 10.6 Å². The van der Waals surface area contributed by atoms with Crippen molar-refractivity contribution in [3.63, 3.8) is 0 Å². The van der Waals surface area contributed by atoms with Crippen molar-refractivity contribution >= 4 is 35.2 Å². The molecule has 3 rings (SSSR count). The molecule has 6 heteroatoms. The fourth-order valence-corrected chi connectivity index (χ4v) is 3.41. The van der Waals surface area contributed by atoms with Crippen molar-refractivity contribution < 1.29 is 9.59 Å². The largest absolute Gasteiger partial charge is 0.330 e. The van der Waals surface area contributed by atoms with Crippen molar-refractivity contribution in [3.05, 3.63) is 77.0 Å². The second kappa shape index (κ2) is 7.33. The number of benzene rings is 2. The van der Waals surface area contributed by atoms with Crippen molar-refractivity contribution in [3.8, 4) is 0 Å². The molecule has 0 aliphatic carbocycles. The lowest BCUT2D eigenvalue weighted by Crippen LogP contribution is -2.50. The average molecular weight is 373 g/mol. The van der Waals surface area contributed by atoms with Crippen molar-refractivity contribution in [2.75, 3.05) is 6.26 Å². The van der Waals surface area contributed by atoms with E-state index >= 15 is 0 Å². The number of amides is 2. The molecule has 1 fully saturated rings. The molecule has 2 aromatic rings. The van der Waals surface area contributed by atoms with Crippen molar-refractivity contribution in [1.82, 2.24) is 10.6 Å². The van der Waals surface area contributed by atoms with Gasteiger partial charge in [0.2, 0.25) is 0 Å². The van der Waals surface area contributed by atoms with Gasteiger partial charge in [0.25, 0.3) is 0 Å². The highest BCUT2D eigenvalue weighted by atomic mass is 35.5. The van der Waals surface area contributed by atoms with E-state index < -0.39 is 12.0 Å². The van der Waals surface area contributed by atoms with Gasteiger partial charge in [-0.25, -0.2) is 4.79 Å². The standard InChI is InChI=1S/C19H17ClN2O2S/c1-11-16(18(23)13-3-7-14(20)8-4-13)17(22-19(24)21-11)12-5-9-15(25-2)10-6-12/h3-10,16-17H,1H2,2H3,(H2,21,22,24)/t16-,17-/m1/s1. The van der Waals surface area contributed by atoms with E-state index in [0.29, 0.717) is 16.3 Å². The van der Waals surface area contributed by atoms with Gasteiger partial charge in [-0.2, -0.15) is 0 Å². The number of ketones is 1. The summed E-state index contributed by atoms with van der Waals surface area (Å²) in [6.45, 7) is 3.90. The molecule has 0 saturated carbocycles. The van der Waals surface area contributed by atoms with E-state index in [9.17, 15) is 9.59 Å². The Balaban J connectivity index is 1.97. The Bertz CT molecular complexity index is 818. The third-order valence-corrected chi connectivity index (χ3v) is 5.15. The molecule has 0 spiro atoms. The van der Waals surface area contributed by atoms with Gasteiger partial charge < -0.3 is 10.6 Å². The van der Waals surface area contributed by atoms with E-state index in [-0.39, 0.29) is 11.8 Å². The number of thioether (sulfide) groups is 1. The molecule has 1 aliphatic rings. The quantitative estimate of drug-likeness (QED) is 0.616. The van der Waals surface area contributed by atoms with E-state index in [1.165, 1.54) is 0 Å². The predicted molar refractivity (Wildman–Crippen MR) is 101 cm³/mol. The Morgan fingerprint density at radius 2 is 1.76 bits per heavy atom. The Morgan fingerprint density at radius 1 is 1.12 bits per heavy atom. The molecule has 0 radical (unpaired) electrons. The SMILES string of the molecule is C=C1NC(=O)N[C@H](c2ccc(SC)cc2)[C@@H]1C(=O)c1ccc(Cl)cc1.